The van der Waals surface area contributed by atoms with Gasteiger partial charge < -0.3 is 44.1 Å². The molecule has 0 aliphatic carbocycles. The Morgan fingerprint density at radius 2 is 1.66 bits per heavy atom. The molecule has 0 radical (unpaired) electrons. The molecule has 56 heavy (non-hydrogen) atoms. The standard InChI is InChI=1S/C41H71N4O10P/c1-13-15-24-54-56(50,51)33(25-30-20-17-16-18-21-30)42-38(47)29(6)37(53-12)31-22-19-23-45(31)34(46)26-32(52-11)36(28(5)14-2)44(10)39(48)35(27(3)4)43-40(49)55-41(7,8)9/h16-18,20-21,27-29,31-33,35-37H,13-15,19,22-26H2,1-12H3,(H,42,47)(H,43,49)(H,50,51)/t28-,29+,31-,32+,33?,35-,36-,37+/m0/s1. The first-order chi connectivity index (χ1) is 26.2. The van der Waals surface area contributed by atoms with Gasteiger partial charge in [-0.25, -0.2) is 4.79 Å². The molecule has 1 aromatic carbocycles. The first-order valence-corrected chi connectivity index (χ1v) is 21.8. The molecule has 1 aliphatic rings. The number of alkyl carbamates (subject to hydrolysis) is 1. The van der Waals surface area contributed by atoms with Crippen molar-refractivity contribution in [3.63, 3.8) is 0 Å². The molecule has 2 rings (SSSR count). The normalized spacial score (nSPS) is 19.5. The van der Waals surface area contributed by atoms with Crippen molar-refractivity contribution < 1.29 is 47.4 Å². The lowest BCUT2D eigenvalue weighted by Gasteiger charge is -2.40. The van der Waals surface area contributed by atoms with E-state index < -0.39 is 67.2 Å². The smallest absolute Gasteiger partial charge is 0.408 e. The number of methoxy groups -OCH3 is 2. The lowest BCUT2D eigenvalue weighted by molar-refractivity contribution is -0.147. The summed E-state index contributed by atoms with van der Waals surface area (Å²) >= 11 is 0. The fourth-order valence-corrected chi connectivity index (χ4v) is 8.59. The summed E-state index contributed by atoms with van der Waals surface area (Å²) in [4.78, 5) is 69.2. The van der Waals surface area contributed by atoms with Crippen molar-refractivity contribution in [1.29, 1.82) is 0 Å². The highest BCUT2D eigenvalue weighted by Gasteiger charge is 2.44. The van der Waals surface area contributed by atoms with E-state index in [2.05, 4.69) is 10.6 Å². The van der Waals surface area contributed by atoms with Gasteiger partial charge in [0.15, 0.2) is 0 Å². The van der Waals surface area contributed by atoms with Gasteiger partial charge in [-0.05, 0) is 57.4 Å². The summed E-state index contributed by atoms with van der Waals surface area (Å²) in [5.74, 6) is -3.33. The molecular weight excluding hydrogens is 739 g/mol. The lowest BCUT2D eigenvalue weighted by Crippen LogP contribution is -2.58. The van der Waals surface area contributed by atoms with Crippen LogP contribution in [0.4, 0.5) is 4.79 Å². The molecule has 0 saturated carbocycles. The van der Waals surface area contributed by atoms with Crippen LogP contribution in [0.15, 0.2) is 30.3 Å². The number of benzene rings is 1. The Kier molecular flexibility index (Phi) is 20.0. The van der Waals surface area contributed by atoms with E-state index in [-0.39, 0.29) is 43.1 Å². The van der Waals surface area contributed by atoms with Gasteiger partial charge in [0.05, 0.1) is 43.2 Å². The summed E-state index contributed by atoms with van der Waals surface area (Å²) in [6, 6.07) is 7.31. The average molecular weight is 811 g/mol. The molecular formula is C41H71N4O10P. The maximum Gasteiger partial charge on any atom is 0.408 e. The van der Waals surface area contributed by atoms with E-state index in [4.69, 9.17) is 18.7 Å². The molecule has 0 bridgehead atoms. The minimum absolute atomic E-state index is 0.0373. The van der Waals surface area contributed by atoms with Crippen molar-refractivity contribution in [2.45, 2.75) is 149 Å². The quantitative estimate of drug-likeness (QED) is 0.0912. The van der Waals surface area contributed by atoms with Crippen molar-refractivity contribution >= 4 is 31.4 Å². The molecule has 320 valence electrons. The minimum atomic E-state index is -4.27. The number of nitrogens with one attached hydrogen (secondary N) is 2. The Labute approximate surface area is 335 Å². The van der Waals surface area contributed by atoms with Gasteiger partial charge in [0.2, 0.25) is 17.7 Å². The highest BCUT2D eigenvalue weighted by molar-refractivity contribution is 7.53. The number of carbonyl (C=O) groups excluding carboxylic acids is 4. The second-order valence-corrected chi connectivity index (χ2v) is 18.4. The Morgan fingerprint density at radius 3 is 2.20 bits per heavy atom. The zero-order valence-electron chi connectivity index (χ0n) is 35.9. The van der Waals surface area contributed by atoms with E-state index in [1.54, 1.807) is 44.5 Å². The first-order valence-electron chi connectivity index (χ1n) is 20.1. The van der Waals surface area contributed by atoms with Crippen LogP contribution in [-0.4, -0.2) is 115 Å². The van der Waals surface area contributed by atoms with Crippen LogP contribution in [-0.2, 0) is 44.1 Å². The zero-order chi connectivity index (χ0) is 42.4. The third kappa shape index (κ3) is 14.4. The molecule has 1 heterocycles. The number of ether oxygens (including phenoxy) is 3. The van der Waals surface area contributed by atoms with Gasteiger partial charge >= 0.3 is 13.7 Å². The largest absolute Gasteiger partial charge is 0.444 e. The van der Waals surface area contributed by atoms with E-state index in [0.717, 1.165) is 12.0 Å². The number of nitrogens with zero attached hydrogens (tertiary/aromatic N) is 2. The second-order valence-electron chi connectivity index (χ2n) is 16.4. The third-order valence-corrected chi connectivity index (χ3v) is 12.3. The van der Waals surface area contributed by atoms with Crippen LogP contribution in [0, 0.1) is 17.8 Å². The Bertz CT molecular complexity index is 1440. The summed E-state index contributed by atoms with van der Waals surface area (Å²) in [5.41, 5.74) is 0.0272. The molecule has 14 nitrogen and oxygen atoms in total. The molecule has 0 spiro atoms. The fourth-order valence-electron chi connectivity index (χ4n) is 7.28. The Morgan fingerprint density at radius 1 is 1.02 bits per heavy atom. The molecule has 9 atom stereocenters. The third-order valence-electron chi connectivity index (χ3n) is 10.6. The molecule has 1 saturated heterocycles. The van der Waals surface area contributed by atoms with Crippen LogP contribution in [0.1, 0.15) is 106 Å². The number of likely N-dealkylation sites (N-methyl/N-ethyl adjacent to an activating group) is 1. The average Bonchev–Trinajstić information content (AvgIpc) is 3.62. The number of likely N-dealkylation sites (tertiary alicyclic amines) is 1. The van der Waals surface area contributed by atoms with Crippen LogP contribution < -0.4 is 10.6 Å². The summed E-state index contributed by atoms with van der Waals surface area (Å²) in [7, 11) is 0.419. The van der Waals surface area contributed by atoms with Gasteiger partial charge in [0.1, 0.15) is 17.4 Å². The van der Waals surface area contributed by atoms with Crippen molar-refractivity contribution in [3.05, 3.63) is 35.9 Å². The minimum Gasteiger partial charge on any atom is -0.444 e. The predicted octanol–water partition coefficient (Wildman–Crippen LogP) is 6.14. The van der Waals surface area contributed by atoms with Gasteiger partial charge in [0, 0.05) is 34.2 Å². The lowest BCUT2D eigenvalue weighted by atomic mass is 9.89. The second kappa shape index (κ2) is 22.8. The van der Waals surface area contributed by atoms with Gasteiger partial charge in [0.25, 0.3) is 0 Å². The van der Waals surface area contributed by atoms with Crippen molar-refractivity contribution in [2.75, 3.05) is 34.4 Å². The number of rotatable bonds is 22. The molecule has 1 fully saturated rings. The van der Waals surface area contributed by atoms with E-state index in [1.165, 1.54) is 14.2 Å². The Hall–Kier alpha value is -3.03. The fraction of sp³-hybridized carbons (Fsp3) is 0.756. The van der Waals surface area contributed by atoms with Gasteiger partial charge in [-0.2, -0.15) is 0 Å². The van der Waals surface area contributed by atoms with E-state index in [9.17, 15) is 28.6 Å². The predicted molar refractivity (Wildman–Crippen MR) is 217 cm³/mol. The maximum atomic E-state index is 14.2. The van der Waals surface area contributed by atoms with Crippen molar-refractivity contribution in [3.8, 4) is 0 Å². The van der Waals surface area contributed by atoms with Crippen LogP contribution in [0.2, 0.25) is 0 Å². The van der Waals surface area contributed by atoms with Gasteiger partial charge in [-0.3, -0.25) is 18.9 Å². The summed E-state index contributed by atoms with van der Waals surface area (Å²) in [6.45, 7) is 17.1. The van der Waals surface area contributed by atoms with Crippen molar-refractivity contribution in [1.82, 2.24) is 20.4 Å². The molecule has 15 heteroatoms. The Balaban J connectivity index is 2.30. The van der Waals surface area contributed by atoms with Crippen molar-refractivity contribution in [2.24, 2.45) is 17.8 Å². The number of amides is 4. The van der Waals surface area contributed by atoms with E-state index in [1.807, 2.05) is 65.0 Å². The van der Waals surface area contributed by atoms with Crippen LogP contribution in [0.25, 0.3) is 0 Å². The molecule has 2 unspecified atom stereocenters. The van der Waals surface area contributed by atoms with E-state index >= 15 is 0 Å². The summed E-state index contributed by atoms with van der Waals surface area (Å²) in [6.07, 6.45) is 1.31. The zero-order valence-corrected chi connectivity index (χ0v) is 36.8. The number of hydrogen-bond acceptors (Lipinski definition) is 9. The molecule has 1 aromatic rings. The SMILES string of the molecule is CCCCOP(=O)(O)C(Cc1ccccc1)NC(=O)[C@H](C)[C@@H](OC)[C@@H]1CCCN1C(=O)C[C@@H](OC)[C@H]([C@@H](C)CC)N(C)C(=O)[C@@H](NC(=O)OC(C)(C)C)C(C)C. The molecule has 1 aliphatic heterocycles. The number of carbonyl (C=O) groups is 4. The van der Waals surface area contributed by atoms with Crippen LogP contribution in [0.5, 0.6) is 0 Å². The highest BCUT2D eigenvalue weighted by Crippen LogP contribution is 2.48. The number of unbranched alkanes of at least 4 members (excludes halogenated alkanes) is 1. The molecule has 4 amide bonds. The highest BCUT2D eigenvalue weighted by atomic mass is 31.2. The maximum absolute atomic E-state index is 14.2. The number of hydrogen-bond donors (Lipinski definition) is 3. The molecule has 3 N–H and O–H groups in total. The monoisotopic (exact) mass is 810 g/mol. The first kappa shape index (κ1) is 49.1. The summed E-state index contributed by atoms with van der Waals surface area (Å²) in [5, 5.41) is 5.54. The summed E-state index contributed by atoms with van der Waals surface area (Å²) < 4.78 is 36.3. The van der Waals surface area contributed by atoms with E-state index in [0.29, 0.717) is 32.2 Å². The van der Waals surface area contributed by atoms with Gasteiger partial charge in [-0.1, -0.05) is 84.7 Å². The molecule has 0 aromatic heterocycles. The topological polar surface area (TPSA) is 173 Å². The van der Waals surface area contributed by atoms with Gasteiger partial charge in [-0.15, -0.1) is 0 Å². The van der Waals surface area contributed by atoms with Crippen LogP contribution in [0.3, 0.4) is 0 Å². The van der Waals surface area contributed by atoms with Crippen LogP contribution >= 0.6 is 7.60 Å².